The van der Waals surface area contributed by atoms with Gasteiger partial charge in [-0.05, 0) is 11.6 Å². The average Bonchev–Trinajstić information content (AvgIpc) is 2.41. The van der Waals surface area contributed by atoms with Gasteiger partial charge in [0.05, 0.1) is 19.5 Å². The molecule has 0 aliphatic carbocycles. The molecule has 0 aliphatic rings. The van der Waals surface area contributed by atoms with Crippen LogP contribution in [0.3, 0.4) is 0 Å². The van der Waals surface area contributed by atoms with Gasteiger partial charge in [-0.2, -0.15) is 4.98 Å². The van der Waals surface area contributed by atoms with Crippen LogP contribution >= 0.6 is 0 Å². The minimum absolute atomic E-state index is 0.500. The molecule has 0 radical (unpaired) electrons. The Morgan fingerprint density at radius 3 is 2.78 bits per heavy atom. The van der Waals surface area contributed by atoms with Crippen molar-refractivity contribution in [2.45, 2.75) is 6.54 Å². The first-order chi connectivity index (χ1) is 8.70. The number of hydrogen-bond donors (Lipinski definition) is 1. The fourth-order valence-corrected chi connectivity index (χ4v) is 1.64. The van der Waals surface area contributed by atoms with E-state index in [2.05, 4.69) is 9.97 Å². The molecule has 0 atom stereocenters. The van der Waals surface area contributed by atoms with Crippen molar-refractivity contribution < 1.29 is 4.74 Å². The molecule has 1 heterocycles. The summed E-state index contributed by atoms with van der Waals surface area (Å²) in [5.74, 6) is 1.25. The van der Waals surface area contributed by atoms with E-state index in [1.165, 1.54) is 0 Å². The zero-order chi connectivity index (χ0) is 13.0. The lowest BCUT2D eigenvalue weighted by Crippen LogP contribution is -2.18. The van der Waals surface area contributed by atoms with Crippen LogP contribution in [0.15, 0.2) is 36.7 Å². The van der Waals surface area contributed by atoms with E-state index < -0.39 is 0 Å². The molecular weight excluding hydrogens is 228 g/mol. The molecular formula is C13H16N4O. The smallest absolute Gasteiger partial charge is 0.233 e. The number of para-hydroxylation sites is 1. The number of benzene rings is 1. The number of rotatable bonds is 4. The molecule has 0 spiro atoms. The minimum atomic E-state index is 0.500. The number of anilines is 2. The molecule has 0 unspecified atom stereocenters. The summed E-state index contributed by atoms with van der Waals surface area (Å²) in [6.45, 7) is 0.675. The van der Waals surface area contributed by atoms with Gasteiger partial charge in [0.15, 0.2) is 5.82 Å². The highest BCUT2D eigenvalue weighted by atomic mass is 16.5. The van der Waals surface area contributed by atoms with Gasteiger partial charge in [-0.3, -0.25) is 4.98 Å². The first-order valence-corrected chi connectivity index (χ1v) is 5.61. The largest absolute Gasteiger partial charge is 0.480 e. The number of aromatic nitrogens is 2. The van der Waals surface area contributed by atoms with E-state index in [0.29, 0.717) is 12.4 Å². The number of hydrogen-bond acceptors (Lipinski definition) is 5. The Morgan fingerprint density at radius 1 is 1.28 bits per heavy atom. The summed E-state index contributed by atoms with van der Waals surface area (Å²) < 4.78 is 5.05. The van der Waals surface area contributed by atoms with Gasteiger partial charge in [0.1, 0.15) is 0 Å². The zero-order valence-corrected chi connectivity index (χ0v) is 10.5. The molecule has 0 bridgehead atoms. The summed E-state index contributed by atoms with van der Waals surface area (Å²) in [4.78, 5) is 10.4. The summed E-state index contributed by atoms with van der Waals surface area (Å²) in [7, 11) is 3.51. The lowest BCUT2D eigenvalue weighted by atomic mass is 10.2. The molecule has 1 aromatic heterocycles. The van der Waals surface area contributed by atoms with E-state index >= 15 is 0 Å². The van der Waals surface area contributed by atoms with E-state index in [1.807, 2.05) is 36.2 Å². The average molecular weight is 244 g/mol. The number of nitrogens with zero attached hydrogens (tertiary/aromatic N) is 3. The molecule has 5 heteroatoms. The van der Waals surface area contributed by atoms with Gasteiger partial charge in [0, 0.05) is 19.3 Å². The molecule has 0 fully saturated rings. The molecule has 1 aromatic carbocycles. The van der Waals surface area contributed by atoms with Crippen LogP contribution in [0.5, 0.6) is 5.88 Å². The predicted octanol–water partition coefficient (Wildman–Crippen LogP) is 1.70. The molecule has 2 N–H and O–H groups in total. The second kappa shape index (κ2) is 5.35. The van der Waals surface area contributed by atoms with E-state index in [-0.39, 0.29) is 0 Å². The SMILES string of the molecule is COc1cncc(N(C)Cc2ccccc2N)n1. The van der Waals surface area contributed by atoms with Gasteiger partial charge in [0.2, 0.25) is 5.88 Å². The molecule has 5 nitrogen and oxygen atoms in total. The maximum Gasteiger partial charge on any atom is 0.233 e. The normalized spacial score (nSPS) is 10.1. The van der Waals surface area contributed by atoms with Crippen molar-refractivity contribution in [3.05, 3.63) is 42.2 Å². The monoisotopic (exact) mass is 244 g/mol. The zero-order valence-electron chi connectivity index (χ0n) is 10.5. The predicted molar refractivity (Wildman–Crippen MR) is 71.5 cm³/mol. The van der Waals surface area contributed by atoms with Crippen LogP contribution in [0.2, 0.25) is 0 Å². The Hall–Kier alpha value is -2.30. The van der Waals surface area contributed by atoms with Crippen LogP contribution in [-0.4, -0.2) is 24.1 Å². The summed E-state index contributed by atoms with van der Waals surface area (Å²) in [6, 6.07) is 7.78. The fourth-order valence-electron chi connectivity index (χ4n) is 1.64. The Kier molecular flexibility index (Phi) is 3.62. The Morgan fingerprint density at radius 2 is 2.06 bits per heavy atom. The number of ether oxygens (including phenoxy) is 1. The molecule has 0 saturated heterocycles. The standard InChI is InChI=1S/C13H16N4O/c1-17(9-10-5-3-4-6-11(10)14)12-7-15-8-13(16-12)18-2/h3-8H,9,14H2,1-2H3. The molecule has 18 heavy (non-hydrogen) atoms. The van der Waals surface area contributed by atoms with Crippen molar-refractivity contribution in [1.82, 2.24) is 9.97 Å². The van der Waals surface area contributed by atoms with Crippen LogP contribution in [0.1, 0.15) is 5.56 Å². The van der Waals surface area contributed by atoms with Crippen molar-refractivity contribution in [2.24, 2.45) is 0 Å². The van der Waals surface area contributed by atoms with Crippen molar-refractivity contribution >= 4 is 11.5 Å². The van der Waals surface area contributed by atoms with Crippen LogP contribution in [-0.2, 0) is 6.54 Å². The van der Waals surface area contributed by atoms with Gasteiger partial charge in [-0.1, -0.05) is 18.2 Å². The Balaban J connectivity index is 2.16. The van der Waals surface area contributed by atoms with E-state index in [4.69, 9.17) is 10.5 Å². The second-order valence-electron chi connectivity index (χ2n) is 3.97. The van der Waals surface area contributed by atoms with Crippen LogP contribution in [0.4, 0.5) is 11.5 Å². The summed E-state index contributed by atoms with van der Waals surface area (Å²) in [5, 5.41) is 0. The van der Waals surface area contributed by atoms with Crippen LogP contribution < -0.4 is 15.4 Å². The topological polar surface area (TPSA) is 64.3 Å². The van der Waals surface area contributed by atoms with Crippen molar-refractivity contribution in [3.63, 3.8) is 0 Å². The highest BCUT2D eigenvalue weighted by Gasteiger charge is 2.07. The first kappa shape index (κ1) is 12.2. The molecule has 0 aliphatic heterocycles. The Bertz CT molecular complexity index is 530. The van der Waals surface area contributed by atoms with Crippen molar-refractivity contribution in [2.75, 3.05) is 24.8 Å². The third kappa shape index (κ3) is 2.68. The van der Waals surface area contributed by atoms with Gasteiger partial charge in [-0.25, -0.2) is 0 Å². The van der Waals surface area contributed by atoms with Gasteiger partial charge in [0.25, 0.3) is 0 Å². The summed E-state index contributed by atoms with van der Waals surface area (Å²) in [6.07, 6.45) is 3.27. The summed E-state index contributed by atoms with van der Waals surface area (Å²) in [5.41, 5.74) is 7.75. The Labute approximate surface area is 106 Å². The first-order valence-electron chi connectivity index (χ1n) is 5.61. The lowest BCUT2D eigenvalue weighted by molar-refractivity contribution is 0.395. The fraction of sp³-hybridized carbons (Fsp3) is 0.231. The van der Waals surface area contributed by atoms with Gasteiger partial charge >= 0.3 is 0 Å². The molecule has 0 saturated carbocycles. The van der Waals surface area contributed by atoms with Gasteiger partial charge in [-0.15, -0.1) is 0 Å². The van der Waals surface area contributed by atoms with Crippen LogP contribution in [0.25, 0.3) is 0 Å². The van der Waals surface area contributed by atoms with Gasteiger partial charge < -0.3 is 15.4 Å². The third-order valence-corrected chi connectivity index (χ3v) is 2.66. The highest BCUT2D eigenvalue weighted by Crippen LogP contribution is 2.17. The number of methoxy groups -OCH3 is 1. The van der Waals surface area contributed by atoms with E-state index in [0.717, 1.165) is 17.1 Å². The third-order valence-electron chi connectivity index (χ3n) is 2.66. The number of nitrogen functional groups attached to an aromatic ring is 1. The van der Waals surface area contributed by atoms with Crippen LogP contribution in [0, 0.1) is 0 Å². The summed E-state index contributed by atoms with van der Waals surface area (Å²) >= 11 is 0. The second-order valence-corrected chi connectivity index (χ2v) is 3.97. The van der Waals surface area contributed by atoms with E-state index in [9.17, 15) is 0 Å². The molecule has 94 valence electrons. The maximum absolute atomic E-state index is 5.92. The van der Waals surface area contributed by atoms with Crippen molar-refractivity contribution in [3.8, 4) is 5.88 Å². The quantitative estimate of drug-likeness (QED) is 0.829. The minimum Gasteiger partial charge on any atom is -0.480 e. The number of nitrogens with two attached hydrogens (primary N) is 1. The lowest BCUT2D eigenvalue weighted by Gasteiger charge is -2.19. The van der Waals surface area contributed by atoms with Crippen molar-refractivity contribution in [1.29, 1.82) is 0 Å². The maximum atomic E-state index is 5.92. The molecule has 2 rings (SSSR count). The molecule has 2 aromatic rings. The highest BCUT2D eigenvalue weighted by molar-refractivity contribution is 5.49. The van der Waals surface area contributed by atoms with E-state index in [1.54, 1.807) is 19.5 Å². The molecule has 0 amide bonds.